The molecule has 34 heavy (non-hydrogen) atoms. The SMILES string of the molecule is N#Cc1cc(-c2ccnc(Cc3ccc(CN=CN=CN)cc3)n2)ccc1OC1CCOCC1. The monoisotopic (exact) mass is 454 g/mol. The van der Waals surface area contributed by atoms with Gasteiger partial charge in [-0.3, -0.25) is 4.99 Å². The number of nitrogens with zero attached hydrogens (tertiary/aromatic N) is 5. The van der Waals surface area contributed by atoms with Crippen LogP contribution in [0.1, 0.15) is 35.4 Å². The summed E-state index contributed by atoms with van der Waals surface area (Å²) in [5.41, 5.74) is 9.49. The summed E-state index contributed by atoms with van der Waals surface area (Å²) in [6.07, 6.45) is 6.74. The summed E-state index contributed by atoms with van der Waals surface area (Å²) in [5, 5.41) is 9.66. The number of hydrogen-bond donors (Lipinski definition) is 1. The molecule has 1 fully saturated rings. The zero-order valence-electron chi connectivity index (χ0n) is 18.8. The van der Waals surface area contributed by atoms with Crippen LogP contribution in [-0.2, 0) is 17.7 Å². The lowest BCUT2D eigenvalue weighted by Crippen LogP contribution is -2.26. The Balaban J connectivity index is 1.45. The molecule has 1 aliphatic rings. The van der Waals surface area contributed by atoms with Crippen molar-refractivity contribution in [2.45, 2.75) is 31.9 Å². The van der Waals surface area contributed by atoms with Crippen molar-refractivity contribution in [2.75, 3.05) is 13.2 Å². The Hall–Kier alpha value is -4.09. The lowest BCUT2D eigenvalue weighted by Gasteiger charge is -2.23. The largest absolute Gasteiger partial charge is 0.489 e. The molecular formula is C26H26N6O2. The summed E-state index contributed by atoms with van der Waals surface area (Å²) in [6.45, 7) is 1.92. The van der Waals surface area contributed by atoms with Crippen molar-refractivity contribution in [3.05, 3.63) is 77.2 Å². The summed E-state index contributed by atoms with van der Waals surface area (Å²) < 4.78 is 11.4. The van der Waals surface area contributed by atoms with E-state index in [1.807, 2.05) is 48.5 Å². The van der Waals surface area contributed by atoms with Gasteiger partial charge in [-0.25, -0.2) is 15.0 Å². The number of aliphatic imine (C=N–C) groups is 2. The topological polar surface area (TPSA) is 119 Å². The van der Waals surface area contributed by atoms with E-state index in [2.05, 4.69) is 21.0 Å². The lowest BCUT2D eigenvalue weighted by atomic mass is 10.1. The molecule has 0 radical (unpaired) electrons. The third-order valence-corrected chi connectivity index (χ3v) is 5.46. The summed E-state index contributed by atoms with van der Waals surface area (Å²) in [5.74, 6) is 1.31. The van der Waals surface area contributed by atoms with E-state index in [4.69, 9.17) is 20.2 Å². The fourth-order valence-corrected chi connectivity index (χ4v) is 3.67. The molecule has 4 rings (SSSR count). The maximum absolute atomic E-state index is 9.66. The summed E-state index contributed by atoms with van der Waals surface area (Å²) in [4.78, 5) is 17.1. The predicted octanol–water partition coefficient (Wildman–Crippen LogP) is 3.68. The second-order valence-corrected chi connectivity index (χ2v) is 7.86. The minimum Gasteiger partial charge on any atom is -0.489 e. The smallest absolute Gasteiger partial charge is 0.137 e. The minimum atomic E-state index is 0.0787. The zero-order chi connectivity index (χ0) is 23.6. The fraction of sp³-hybridized carbons (Fsp3) is 0.269. The van der Waals surface area contributed by atoms with Gasteiger partial charge in [-0.2, -0.15) is 5.26 Å². The number of benzene rings is 2. The van der Waals surface area contributed by atoms with Gasteiger partial charge in [0.25, 0.3) is 0 Å². The summed E-state index contributed by atoms with van der Waals surface area (Å²) >= 11 is 0. The molecule has 172 valence electrons. The van der Waals surface area contributed by atoms with E-state index in [0.717, 1.165) is 35.2 Å². The Kier molecular flexibility index (Phi) is 7.93. The van der Waals surface area contributed by atoms with Gasteiger partial charge in [0, 0.05) is 31.0 Å². The molecule has 1 aliphatic heterocycles. The van der Waals surface area contributed by atoms with E-state index >= 15 is 0 Å². The van der Waals surface area contributed by atoms with Crippen molar-refractivity contribution in [1.29, 1.82) is 5.26 Å². The standard InChI is InChI=1S/C26H26N6O2/c27-15-22-14-21(5-6-25(22)34-23-8-11-33-12-9-23)24-7-10-31-26(32-24)13-19-1-3-20(4-2-19)16-29-18-30-17-28/h1-7,10,14,17-18,23H,8-9,11-13,16H2,(H2,28,29,30). The van der Waals surface area contributed by atoms with Gasteiger partial charge in [0.1, 0.15) is 30.1 Å². The van der Waals surface area contributed by atoms with Crippen molar-refractivity contribution in [2.24, 2.45) is 15.7 Å². The first-order valence-electron chi connectivity index (χ1n) is 11.2. The predicted molar refractivity (Wildman–Crippen MR) is 131 cm³/mol. The van der Waals surface area contributed by atoms with E-state index in [-0.39, 0.29) is 6.10 Å². The van der Waals surface area contributed by atoms with E-state index in [1.165, 1.54) is 12.7 Å². The molecule has 0 bridgehead atoms. The van der Waals surface area contributed by atoms with Gasteiger partial charge in [0.15, 0.2) is 0 Å². The third-order valence-electron chi connectivity index (χ3n) is 5.46. The highest BCUT2D eigenvalue weighted by molar-refractivity contribution is 5.69. The molecule has 0 atom stereocenters. The van der Waals surface area contributed by atoms with Crippen LogP contribution >= 0.6 is 0 Å². The highest BCUT2D eigenvalue weighted by Gasteiger charge is 2.17. The average Bonchev–Trinajstić information content (AvgIpc) is 2.88. The molecule has 1 saturated heterocycles. The fourth-order valence-electron chi connectivity index (χ4n) is 3.67. The van der Waals surface area contributed by atoms with Crippen molar-refractivity contribution < 1.29 is 9.47 Å². The van der Waals surface area contributed by atoms with Gasteiger partial charge in [-0.05, 0) is 35.4 Å². The number of nitrogens with two attached hydrogens (primary N) is 1. The van der Waals surface area contributed by atoms with Crippen molar-refractivity contribution in [3.63, 3.8) is 0 Å². The molecule has 0 saturated carbocycles. The number of rotatable bonds is 8. The number of nitriles is 1. The number of ether oxygens (including phenoxy) is 2. The Morgan fingerprint density at radius 2 is 1.91 bits per heavy atom. The van der Waals surface area contributed by atoms with Crippen molar-refractivity contribution in [3.8, 4) is 23.1 Å². The van der Waals surface area contributed by atoms with Crippen LogP contribution in [0.5, 0.6) is 5.75 Å². The highest BCUT2D eigenvalue weighted by Crippen LogP contribution is 2.27. The molecule has 2 N–H and O–H groups in total. The molecule has 3 aromatic rings. The van der Waals surface area contributed by atoms with E-state index in [0.29, 0.717) is 43.3 Å². The van der Waals surface area contributed by atoms with Gasteiger partial charge in [-0.15, -0.1) is 0 Å². The molecule has 0 aliphatic carbocycles. The molecule has 2 heterocycles. The maximum atomic E-state index is 9.66. The number of aromatic nitrogens is 2. The van der Waals surface area contributed by atoms with Gasteiger partial charge in [-0.1, -0.05) is 24.3 Å². The van der Waals surface area contributed by atoms with Gasteiger partial charge in [0.05, 0.1) is 37.4 Å². The van der Waals surface area contributed by atoms with Crippen LogP contribution in [0.25, 0.3) is 11.3 Å². The van der Waals surface area contributed by atoms with Gasteiger partial charge in [0.2, 0.25) is 0 Å². The molecule has 0 spiro atoms. The second kappa shape index (κ2) is 11.7. The second-order valence-electron chi connectivity index (χ2n) is 7.86. The van der Waals surface area contributed by atoms with Crippen LogP contribution in [0.4, 0.5) is 0 Å². The molecule has 8 nitrogen and oxygen atoms in total. The van der Waals surface area contributed by atoms with Crippen molar-refractivity contribution >= 4 is 12.7 Å². The highest BCUT2D eigenvalue weighted by atomic mass is 16.5. The van der Waals surface area contributed by atoms with Gasteiger partial charge >= 0.3 is 0 Å². The van der Waals surface area contributed by atoms with E-state index in [1.54, 1.807) is 6.20 Å². The number of hydrogen-bond acceptors (Lipinski definition) is 6. The van der Waals surface area contributed by atoms with Crippen molar-refractivity contribution in [1.82, 2.24) is 9.97 Å². The van der Waals surface area contributed by atoms with Crippen LogP contribution in [0.3, 0.4) is 0 Å². The Morgan fingerprint density at radius 3 is 2.68 bits per heavy atom. The Morgan fingerprint density at radius 1 is 1.12 bits per heavy atom. The molecule has 2 aromatic carbocycles. The van der Waals surface area contributed by atoms with Crippen LogP contribution in [0.15, 0.2) is 64.7 Å². The normalized spacial score (nSPS) is 14.4. The molecule has 8 heteroatoms. The summed E-state index contributed by atoms with van der Waals surface area (Å²) in [6, 6.07) is 17.9. The third kappa shape index (κ3) is 6.24. The van der Waals surface area contributed by atoms with Gasteiger partial charge < -0.3 is 15.2 Å². The minimum absolute atomic E-state index is 0.0787. The van der Waals surface area contributed by atoms with Crippen LogP contribution < -0.4 is 10.5 Å². The Labute approximate surface area is 198 Å². The average molecular weight is 455 g/mol. The van der Waals surface area contributed by atoms with Crippen LogP contribution in [0.2, 0.25) is 0 Å². The molecule has 1 aromatic heterocycles. The molecular weight excluding hydrogens is 428 g/mol. The first-order valence-corrected chi connectivity index (χ1v) is 11.2. The lowest BCUT2D eigenvalue weighted by molar-refractivity contribution is 0.0254. The van der Waals surface area contributed by atoms with Crippen LogP contribution in [-0.4, -0.2) is 42.0 Å². The maximum Gasteiger partial charge on any atom is 0.137 e. The van der Waals surface area contributed by atoms with E-state index in [9.17, 15) is 5.26 Å². The van der Waals surface area contributed by atoms with E-state index < -0.39 is 0 Å². The first-order chi connectivity index (χ1) is 16.7. The zero-order valence-corrected chi connectivity index (χ0v) is 18.8. The molecule has 0 unspecified atom stereocenters. The summed E-state index contributed by atoms with van der Waals surface area (Å²) in [7, 11) is 0. The van der Waals surface area contributed by atoms with Crippen LogP contribution in [0, 0.1) is 11.3 Å². The molecule has 0 amide bonds. The Bertz CT molecular complexity index is 1190. The quantitative estimate of drug-likeness (QED) is 0.410. The first kappa shape index (κ1) is 23.1.